The molecule has 1 saturated heterocycles. The van der Waals surface area contributed by atoms with Gasteiger partial charge in [0.25, 0.3) is 0 Å². The van der Waals surface area contributed by atoms with Crippen LogP contribution in [0.5, 0.6) is 0 Å². The Balaban J connectivity index is 2.77. The van der Waals surface area contributed by atoms with Gasteiger partial charge in [-0.05, 0) is 47.5 Å². The van der Waals surface area contributed by atoms with Gasteiger partial charge in [-0.15, -0.1) is 0 Å². The summed E-state index contributed by atoms with van der Waals surface area (Å²) in [5.74, 6) is 0.357. The predicted octanol–water partition coefficient (Wildman–Crippen LogP) is 3.11. The molecule has 1 aliphatic heterocycles. The molecule has 1 fully saturated rings. The van der Waals surface area contributed by atoms with Crippen molar-refractivity contribution >= 4 is 0 Å². The minimum Gasteiger partial charge on any atom is -0.377 e. The third kappa shape index (κ3) is 3.69. The summed E-state index contributed by atoms with van der Waals surface area (Å²) in [6.45, 7) is 13.6. The second-order valence-corrected chi connectivity index (χ2v) is 6.64. The van der Waals surface area contributed by atoms with E-state index in [-0.39, 0.29) is 23.3 Å². The first kappa shape index (κ1) is 15.9. The zero-order valence-corrected chi connectivity index (χ0v) is 13.0. The van der Waals surface area contributed by atoms with Gasteiger partial charge in [0, 0.05) is 18.6 Å². The summed E-state index contributed by atoms with van der Waals surface area (Å²) in [5, 5.41) is 0. The summed E-state index contributed by atoms with van der Waals surface area (Å²) in [5.41, 5.74) is 6.25. The molecule has 18 heavy (non-hydrogen) atoms. The molecule has 0 aliphatic carbocycles. The Morgan fingerprint density at radius 3 is 2.28 bits per heavy atom. The van der Waals surface area contributed by atoms with Crippen LogP contribution in [0.2, 0.25) is 0 Å². The average Bonchev–Trinajstić information content (AvgIpc) is 2.45. The predicted molar refractivity (Wildman–Crippen MR) is 75.6 cm³/mol. The highest BCUT2D eigenvalue weighted by atomic mass is 16.5. The monoisotopic (exact) mass is 257 g/mol. The van der Waals surface area contributed by atoms with Gasteiger partial charge in [0.1, 0.15) is 0 Å². The highest BCUT2D eigenvalue weighted by Gasteiger charge is 2.49. The summed E-state index contributed by atoms with van der Waals surface area (Å²) in [7, 11) is 0. The van der Waals surface area contributed by atoms with E-state index in [0.29, 0.717) is 5.92 Å². The number of hydrogen-bond acceptors (Lipinski definition) is 3. The van der Waals surface area contributed by atoms with E-state index in [1.54, 1.807) is 0 Å². The molecule has 0 amide bonds. The maximum atomic E-state index is 6.49. The Kier molecular flexibility index (Phi) is 5.22. The molecular formula is C15H31NO2. The van der Waals surface area contributed by atoms with Crippen molar-refractivity contribution in [3.05, 3.63) is 0 Å². The zero-order valence-electron chi connectivity index (χ0n) is 13.0. The summed E-state index contributed by atoms with van der Waals surface area (Å²) in [6.07, 6.45) is 3.30. The smallest absolute Gasteiger partial charge is 0.0729 e. The van der Waals surface area contributed by atoms with Crippen LogP contribution in [0.3, 0.4) is 0 Å². The van der Waals surface area contributed by atoms with E-state index < -0.39 is 0 Å². The fourth-order valence-corrected chi connectivity index (χ4v) is 3.35. The van der Waals surface area contributed by atoms with Gasteiger partial charge in [-0.25, -0.2) is 0 Å². The normalized spacial score (nSPS) is 29.2. The van der Waals surface area contributed by atoms with Crippen LogP contribution in [0.15, 0.2) is 0 Å². The lowest BCUT2D eigenvalue weighted by molar-refractivity contribution is -0.0837. The van der Waals surface area contributed by atoms with Gasteiger partial charge in [0.15, 0.2) is 0 Å². The van der Waals surface area contributed by atoms with Crippen LogP contribution < -0.4 is 5.73 Å². The summed E-state index contributed by atoms with van der Waals surface area (Å²) in [4.78, 5) is 0. The maximum Gasteiger partial charge on any atom is 0.0729 e. The fraction of sp³-hybridized carbons (Fsp3) is 1.00. The molecule has 1 heterocycles. The molecule has 2 N–H and O–H groups in total. The Morgan fingerprint density at radius 1 is 1.28 bits per heavy atom. The number of rotatable bonds is 6. The van der Waals surface area contributed by atoms with Gasteiger partial charge >= 0.3 is 0 Å². The quantitative estimate of drug-likeness (QED) is 0.795. The first-order valence-electron chi connectivity index (χ1n) is 7.31. The molecule has 1 aliphatic rings. The summed E-state index contributed by atoms with van der Waals surface area (Å²) >= 11 is 0. The van der Waals surface area contributed by atoms with Crippen LogP contribution in [-0.4, -0.2) is 30.0 Å². The molecule has 0 saturated carbocycles. The molecule has 0 aromatic carbocycles. The highest BCUT2D eigenvalue weighted by Crippen LogP contribution is 2.44. The molecule has 1 rings (SSSR count). The minimum atomic E-state index is -0.161. The van der Waals surface area contributed by atoms with Crippen molar-refractivity contribution in [2.24, 2.45) is 11.7 Å². The Bertz CT molecular complexity index is 257. The summed E-state index contributed by atoms with van der Waals surface area (Å²) in [6, 6.07) is 0.0571. The first-order chi connectivity index (χ1) is 8.23. The lowest BCUT2D eigenvalue weighted by atomic mass is 9.79. The van der Waals surface area contributed by atoms with E-state index in [1.807, 2.05) is 6.92 Å². The van der Waals surface area contributed by atoms with E-state index in [2.05, 4.69) is 34.6 Å². The lowest BCUT2D eigenvalue weighted by Gasteiger charge is -2.35. The van der Waals surface area contributed by atoms with Crippen LogP contribution in [0, 0.1) is 5.92 Å². The van der Waals surface area contributed by atoms with Crippen LogP contribution in [0.4, 0.5) is 0 Å². The largest absolute Gasteiger partial charge is 0.377 e. The van der Waals surface area contributed by atoms with Gasteiger partial charge < -0.3 is 15.2 Å². The standard InChI is InChI=1S/C15H31NO2/c1-7-9-12(17-8-2)13(16)11-10-14(3,4)18-15(11,5)6/h11-13H,7-10,16H2,1-6H3. The van der Waals surface area contributed by atoms with Crippen LogP contribution in [-0.2, 0) is 9.47 Å². The summed E-state index contributed by atoms with van der Waals surface area (Å²) < 4.78 is 12.0. The molecule has 3 nitrogen and oxygen atoms in total. The molecule has 0 aromatic heterocycles. The van der Waals surface area contributed by atoms with Crippen molar-refractivity contribution in [2.75, 3.05) is 6.61 Å². The topological polar surface area (TPSA) is 44.5 Å². The molecular weight excluding hydrogens is 226 g/mol. The third-order valence-corrected chi connectivity index (χ3v) is 3.99. The SMILES string of the molecule is CCCC(OCC)C(N)C1CC(C)(C)OC1(C)C. The Labute approximate surface area is 112 Å². The van der Waals surface area contributed by atoms with E-state index in [9.17, 15) is 0 Å². The lowest BCUT2D eigenvalue weighted by Crippen LogP contribution is -2.49. The molecule has 3 heteroatoms. The first-order valence-corrected chi connectivity index (χ1v) is 7.31. The molecule has 3 unspecified atom stereocenters. The van der Waals surface area contributed by atoms with E-state index >= 15 is 0 Å². The maximum absolute atomic E-state index is 6.49. The number of nitrogens with two attached hydrogens (primary N) is 1. The van der Waals surface area contributed by atoms with Gasteiger partial charge in [0.2, 0.25) is 0 Å². The minimum absolute atomic E-state index is 0.0571. The highest BCUT2D eigenvalue weighted by molar-refractivity contribution is 5.00. The van der Waals surface area contributed by atoms with E-state index in [1.165, 1.54) is 0 Å². The van der Waals surface area contributed by atoms with Crippen molar-refractivity contribution in [1.82, 2.24) is 0 Å². The van der Waals surface area contributed by atoms with Crippen LogP contribution in [0.25, 0.3) is 0 Å². The van der Waals surface area contributed by atoms with Gasteiger partial charge in [0.05, 0.1) is 17.3 Å². The van der Waals surface area contributed by atoms with Crippen molar-refractivity contribution < 1.29 is 9.47 Å². The van der Waals surface area contributed by atoms with Crippen molar-refractivity contribution in [1.29, 1.82) is 0 Å². The average molecular weight is 257 g/mol. The number of hydrogen-bond donors (Lipinski definition) is 1. The Hall–Kier alpha value is -0.120. The number of ether oxygens (including phenoxy) is 2. The van der Waals surface area contributed by atoms with Crippen molar-refractivity contribution in [3.8, 4) is 0 Å². The van der Waals surface area contributed by atoms with Gasteiger partial charge in [-0.1, -0.05) is 13.3 Å². The molecule has 108 valence electrons. The van der Waals surface area contributed by atoms with Gasteiger partial charge in [-0.3, -0.25) is 0 Å². The van der Waals surface area contributed by atoms with E-state index in [0.717, 1.165) is 25.9 Å². The zero-order chi connectivity index (χ0) is 14.0. The van der Waals surface area contributed by atoms with Crippen molar-refractivity contribution in [2.45, 2.75) is 84.2 Å². The Morgan fingerprint density at radius 2 is 1.89 bits per heavy atom. The molecule has 0 spiro atoms. The molecule has 0 aromatic rings. The second kappa shape index (κ2) is 5.89. The van der Waals surface area contributed by atoms with Crippen molar-refractivity contribution in [3.63, 3.8) is 0 Å². The fourth-order valence-electron chi connectivity index (χ4n) is 3.35. The van der Waals surface area contributed by atoms with Gasteiger partial charge in [-0.2, -0.15) is 0 Å². The van der Waals surface area contributed by atoms with Crippen LogP contribution in [0.1, 0.15) is 60.8 Å². The molecule has 0 bridgehead atoms. The van der Waals surface area contributed by atoms with Crippen LogP contribution >= 0.6 is 0 Å². The third-order valence-electron chi connectivity index (χ3n) is 3.99. The molecule has 0 radical (unpaired) electrons. The van der Waals surface area contributed by atoms with E-state index in [4.69, 9.17) is 15.2 Å². The second-order valence-electron chi connectivity index (χ2n) is 6.64. The molecule has 3 atom stereocenters.